The highest BCUT2D eigenvalue weighted by Crippen LogP contribution is 2.27. The molecule has 0 saturated heterocycles. The molecule has 0 spiro atoms. The van der Waals surface area contributed by atoms with Gasteiger partial charge >= 0.3 is 0 Å². The van der Waals surface area contributed by atoms with Crippen LogP contribution in [0.2, 0.25) is 0 Å². The summed E-state index contributed by atoms with van der Waals surface area (Å²) in [4.78, 5) is 7.69. The quantitative estimate of drug-likeness (QED) is 0.422. The lowest BCUT2D eigenvalue weighted by atomic mass is 10.3. The smallest absolute Gasteiger partial charge is 0.182 e. The largest absolute Gasteiger partial charge is 0.330 e. The number of H-pyrrole nitrogens is 1. The third-order valence-electron chi connectivity index (χ3n) is 3.53. The van der Waals surface area contributed by atoms with Crippen LogP contribution in [0, 0.1) is 16.1 Å². The number of nitriles is 1. The van der Waals surface area contributed by atoms with Crippen LogP contribution < -0.4 is 0 Å². The maximum absolute atomic E-state index is 9.56. The lowest BCUT2D eigenvalue weighted by molar-refractivity contribution is 1.14. The molecule has 2 heterocycles. The number of imidazole rings is 1. The fraction of sp³-hybridized carbons (Fsp3) is 0. The second kappa shape index (κ2) is 5.47. The maximum atomic E-state index is 9.56. The number of allylic oxidation sites excluding steroid dienone is 1. The average Bonchev–Trinajstić information content (AvgIpc) is 3.13. The van der Waals surface area contributed by atoms with E-state index in [0.29, 0.717) is 15.4 Å². The van der Waals surface area contributed by atoms with Gasteiger partial charge in [0.2, 0.25) is 0 Å². The van der Waals surface area contributed by atoms with Crippen molar-refractivity contribution in [3.8, 4) is 6.07 Å². The lowest BCUT2D eigenvalue weighted by Crippen LogP contribution is -1.89. The molecule has 0 aliphatic carbocycles. The van der Waals surface area contributed by atoms with Crippen LogP contribution in [0.4, 0.5) is 0 Å². The zero-order valence-electron chi connectivity index (χ0n) is 11.9. The zero-order chi connectivity index (χ0) is 15.8. The van der Waals surface area contributed by atoms with Crippen LogP contribution in [-0.2, 0) is 0 Å². The number of para-hydroxylation sites is 3. The van der Waals surface area contributed by atoms with Crippen LogP contribution in [-0.4, -0.2) is 14.5 Å². The van der Waals surface area contributed by atoms with E-state index in [1.54, 1.807) is 6.20 Å². The number of nitrogens with zero attached hydrogens (tertiary/aromatic N) is 3. The summed E-state index contributed by atoms with van der Waals surface area (Å²) in [6.07, 6.45) is 1.75. The van der Waals surface area contributed by atoms with Gasteiger partial charge < -0.3 is 4.98 Å². The van der Waals surface area contributed by atoms with Gasteiger partial charge in [0, 0.05) is 6.20 Å². The molecule has 0 bridgehead atoms. The number of hydrogen-bond donors (Lipinski definition) is 1. The molecule has 110 valence electrons. The fourth-order valence-electron chi connectivity index (χ4n) is 2.45. The molecule has 4 rings (SSSR count). The normalized spacial score (nSPS) is 11.9. The third-order valence-corrected chi connectivity index (χ3v) is 4.90. The molecular weight excluding hydrogens is 324 g/mol. The van der Waals surface area contributed by atoms with Gasteiger partial charge in [-0.2, -0.15) is 5.26 Å². The first kappa shape index (κ1) is 13.9. The summed E-state index contributed by atoms with van der Waals surface area (Å²) < 4.78 is 3.43. The van der Waals surface area contributed by atoms with E-state index in [2.05, 4.69) is 16.0 Å². The van der Waals surface area contributed by atoms with E-state index in [0.717, 1.165) is 21.3 Å². The summed E-state index contributed by atoms with van der Waals surface area (Å²) in [5.41, 5.74) is 3.27. The minimum atomic E-state index is 0.493. The summed E-state index contributed by atoms with van der Waals surface area (Å²) in [7, 11) is 0. The first-order chi connectivity index (χ1) is 11.3. The van der Waals surface area contributed by atoms with Crippen LogP contribution in [0.15, 0.2) is 48.5 Å². The number of aromatic nitrogens is 3. The van der Waals surface area contributed by atoms with Crippen molar-refractivity contribution in [1.29, 1.82) is 5.26 Å². The molecule has 2 aromatic heterocycles. The standard InChI is InChI=1S/C17H10N4S2/c18-9-11(16-19-13-6-2-4-8-15(13)23-16)10-21-14-7-3-1-5-12(14)20-17(21)22/h1-8,10H,(H,20,22). The number of aromatic amines is 1. The minimum Gasteiger partial charge on any atom is -0.330 e. The zero-order valence-corrected chi connectivity index (χ0v) is 13.5. The van der Waals surface area contributed by atoms with E-state index in [9.17, 15) is 5.26 Å². The Labute approximate surface area is 141 Å². The molecular formula is C17H10N4S2. The first-order valence-electron chi connectivity index (χ1n) is 6.93. The molecule has 0 radical (unpaired) electrons. The number of benzene rings is 2. The van der Waals surface area contributed by atoms with E-state index in [-0.39, 0.29) is 0 Å². The second-order valence-electron chi connectivity index (χ2n) is 4.96. The van der Waals surface area contributed by atoms with Crippen molar-refractivity contribution in [2.75, 3.05) is 0 Å². The van der Waals surface area contributed by atoms with Crippen LogP contribution in [0.25, 0.3) is 33.0 Å². The fourth-order valence-corrected chi connectivity index (χ4v) is 3.64. The monoisotopic (exact) mass is 334 g/mol. The molecule has 4 nitrogen and oxygen atoms in total. The van der Waals surface area contributed by atoms with E-state index < -0.39 is 0 Å². The van der Waals surface area contributed by atoms with Crippen molar-refractivity contribution in [1.82, 2.24) is 14.5 Å². The minimum absolute atomic E-state index is 0.493. The SMILES string of the molecule is N#CC(=Cn1c(=S)[nH]c2ccccc21)c1nc2ccccc2s1. The molecule has 4 aromatic rings. The average molecular weight is 334 g/mol. The Kier molecular flexibility index (Phi) is 3.30. The number of thiazole rings is 1. The summed E-state index contributed by atoms with van der Waals surface area (Å²) >= 11 is 6.87. The summed E-state index contributed by atoms with van der Waals surface area (Å²) in [5, 5.41) is 10.3. The van der Waals surface area contributed by atoms with Crippen molar-refractivity contribution >= 4 is 56.6 Å². The van der Waals surface area contributed by atoms with Crippen molar-refractivity contribution in [3.05, 3.63) is 58.3 Å². The van der Waals surface area contributed by atoms with Crippen LogP contribution in [0.3, 0.4) is 0 Å². The Balaban J connectivity index is 1.92. The van der Waals surface area contributed by atoms with Gasteiger partial charge in [-0.1, -0.05) is 24.3 Å². The van der Waals surface area contributed by atoms with Gasteiger partial charge in [0.05, 0.1) is 21.3 Å². The molecule has 0 aliphatic heterocycles. The molecule has 0 fully saturated rings. The van der Waals surface area contributed by atoms with Crippen molar-refractivity contribution < 1.29 is 0 Å². The van der Waals surface area contributed by atoms with Gasteiger partial charge in [-0.3, -0.25) is 4.57 Å². The van der Waals surface area contributed by atoms with E-state index in [4.69, 9.17) is 12.2 Å². The van der Waals surface area contributed by atoms with Gasteiger partial charge in [0.1, 0.15) is 16.6 Å². The summed E-state index contributed by atoms with van der Waals surface area (Å²) in [6.45, 7) is 0. The highest BCUT2D eigenvalue weighted by Gasteiger charge is 2.10. The van der Waals surface area contributed by atoms with E-state index in [1.807, 2.05) is 53.1 Å². The van der Waals surface area contributed by atoms with Crippen LogP contribution in [0.5, 0.6) is 0 Å². The second-order valence-corrected chi connectivity index (χ2v) is 6.38. The number of fused-ring (bicyclic) bond motifs is 2. The van der Waals surface area contributed by atoms with E-state index >= 15 is 0 Å². The van der Waals surface area contributed by atoms with Crippen molar-refractivity contribution in [2.24, 2.45) is 0 Å². The topological polar surface area (TPSA) is 57.4 Å². The van der Waals surface area contributed by atoms with Gasteiger partial charge in [-0.25, -0.2) is 4.98 Å². The van der Waals surface area contributed by atoms with Gasteiger partial charge in [-0.15, -0.1) is 11.3 Å². The lowest BCUT2D eigenvalue weighted by Gasteiger charge is -1.98. The third kappa shape index (κ3) is 2.36. The van der Waals surface area contributed by atoms with Gasteiger partial charge in [0.15, 0.2) is 4.77 Å². The molecule has 0 aliphatic rings. The Hall–Kier alpha value is -2.75. The van der Waals surface area contributed by atoms with Crippen LogP contribution in [0.1, 0.15) is 5.01 Å². The molecule has 0 atom stereocenters. The predicted octanol–water partition coefficient (Wildman–Crippen LogP) is 4.83. The number of rotatable bonds is 2. The molecule has 0 saturated carbocycles. The van der Waals surface area contributed by atoms with E-state index in [1.165, 1.54) is 11.3 Å². The van der Waals surface area contributed by atoms with Gasteiger partial charge in [-0.05, 0) is 36.5 Å². The van der Waals surface area contributed by atoms with Crippen LogP contribution >= 0.6 is 23.6 Å². The summed E-state index contributed by atoms with van der Waals surface area (Å²) in [5.74, 6) is 0. The predicted molar refractivity (Wildman–Crippen MR) is 96.5 cm³/mol. The molecule has 2 aromatic carbocycles. The molecule has 23 heavy (non-hydrogen) atoms. The number of hydrogen-bond acceptors (Lipinski definition) is 4. The molecule has 0 amide bonds. The molecule has 1 N–H and O–H groups in total. The summed E-state index contributed by atoms with van der Waals surface area (Å²) in [6, 6.07) is 17.9. The molecule has 6 heteroatoms. The molecule has 0 unspecified atom stereocenters. The van der Waals surface area contributed by atoms with Gasteiger partial charge in [0.25, 0.3) is 0 Å². The number of nitrogens with one attached hydrogen (secondary N) is 1. The Morgan fingerprint density at radius 1 is 1.22 bits per heavy atom. The van der Waals surface area contributed by atoms with Crippen molar-refractivity contribution in [2.45, 2.75) is 0 Å². The Bertz CT molecular complexity index is 1120. The van der Waals surface area contributed by atoms with Crippen molar-refractivity contribution in [3.63, 3.8) is 0 Å². The Morgan fingerprint density at radius 3 is 2.83 bits per heavy atom. The highest BCUT2D eigenvalue weighted by atomic mass is 32.1. The first-order valence-corrected chi connectivity index (χ1v) is 8.16. The maximum Gasteiger partial charge on any atom is 0.182 e. The Morgan fingerprint density at radius 2 is 2.00 bits per heavy atom. The highest BCUT2D eigenvalue weighted by molar-refractivity contribution is 7.71.